The van der Waals surface area contributed by atoms with Crippen LogP contribution in [-0.4, -0.2) is 21.8 Å². The molecule has 1 aliphatic rings. The second-order valence-corrected chi connectivity index (χ2v) is 9.55. The summed E-state index contributed by atoms with van der Waals surface area (Å²) in [6, 6.07) is 15.9. The molecule has 1 aliphatic heterocycles. The lowest BCUT2D eigenvalue weighted by atomic mass is 9.87. The molecule has 0 spiro atoms. The third-order valence-electron chi connectivity index (χ3n) is 6.24. The first-order chi connectivity index (χ1) is 15.6. The summed E-state index contributed by atoms with van der Waals surface area (Å²) in [4.78, 5) is 32.1. The molecule has 1 unspecified atom stereocenters. The van der Waals surface area contributed by atoms with Crippen LogP contribution >= 0.6 is 0 Å². The van der Waals surface area contributed by atoms with Crippen molar-refractivity contribution in [3.05, 3.63) is 100 Å². The number of aromatic nitrogens is 1. The summed E-state index contributed by atoms with van der Waals surface area (Å²) in [7, 11) is 0. The fourth-order valence-corrected chi connectivity index (χ4v) is 4.12. The maximum absolute atomic E-state index is 13.2. The van der Waals surface area contributed by atoms with Gasteiger partial charge in [-0.2, -0.15) is 0 Å². The molecule has 3 aromatic rings. The number of aliphatic hydroxyl groups is 1. The summed E-state index contributed by atoms with van der Waals surface area (Å²) in [6.07, 6.45) is 3.26. The molecule has 1 saturated heterocycles. The third-order valence-corrected chi connectivity index (χ3v) is 6.24. The van der Waals surface area contributed by atoms with E-state index in [1.54, 1.807) is 24.5 Å². The van der Waals surface area contributed by atoms with E-state index in [1.165, 1.54) is 4.90 Å². The fourth-order valence-electron chi connectivity index (χ4n) is 4.12. The highest BCUT2D eigenvalue weighted by atomic mass is 16.3. The Bertz CT molecular complexity index is 1250. The smallest absolute Gasteiger partial charge is 0.300 e. The summed E-state index contributed by atoms with van der Waals surface area (Å²) in [5, 5.41) is 11.2. The number of carbonyl (C=O) groups excluding carboxylic acids is 2. The lowest BCUT2D eigenvalue weighted by molar-refractivity contribution is -0.132. The molecule has 1 amide bonds. The van der Waals surface area contributed by atoms with E-state index in [2.05, 4.69) is 25.8 Å². The van der Waals surface area contributed by atoms with E-state index in [0.717, 1.165) is 16.7 Å². The van der Waals surface area contributed by atoms with Crippen LogP contribution in [0.3, 0.4) is 0 Å². The number of ketones is 1. The lowest BCUT2D eigenvalue weighted by Gasteiger charge is -2.26. The van der Waals surface area contributed by atoms with Gasteiger partial charge in [0.15, 0.2) is 0 Å². The van der Waals surface area contributed by atoms with Crippen LogP contribution in [0, 0.1) is 13.8 Å². The van der Waals surface area contributed by atoms with Crippen molar-refractivity contribution < 1.29 is 14.7 Å². The number of aryl methyl sites for hydroxylation is 2. The van der Waals surface area contributed by atoms with Crippen LogP contribution in [0.25, 0.3) is 5.76 Å². The van der Waals surface area contributed by atoms with Gasteiger partial charge in [-0.1, -0.05) is 51.1 Å². The second-order valence-electron chi connectivity index (χ2n) is 9.55. The first-order valence-electron chi connectivity index (χ1n) is 11.0. The van der Waals surface area contributed by atoms with Gasteiger partial charge >= 0.3 is 0 Å². The number of pyridine rings is 1. The van der Waals surface area contributed by atoms with Gasteiger partial charge in [0, 0.05) is 23.6 Å². The molecule has 1 fully saturated rings. The molecule has 1 atom stereocenters. The maximum atomic E-state index is 13.2. The molecular formula is C28H28N2O3. The Morgan fingerprint density at radius 2 is 1.67 bits per heavy atom. The zero-order valence-electron chi connectivity index (χ0n) is 19.6. The maximum Gasteiger partial charge on any atom is 0.300 e. The van der Waals surface area contributed by atoms with Crippen molar-refractivity contribution in [1.82, 2.24) is 4.98 Å². The average molecular weight is 441 g/mol. The van der Waals surface area contributed by atoms with Crippen LogP contribution in [0.4, 0.5) is 5.69 Å². The van der Waals surface area contributed by atoms with E-state index < -0.39 is 17.7 Å². The number of anilines is 1. The number of amides is 1. The van der Waals surface area contributed by atoms with Crippen LogP contribution in [0.5, 0.6) is 0 Å². The van der Waals surface area contributed by atoms with Crippen molar-refractivity contribution in [2.45, 2.75) is 46.1 Å². The molecule has 0 saturated carbocycles. The molecule has 168 valence electrons. The first kappa shape index (κ1) is 22.5. The minimum atomic E-state index is -0.777. The number of hydrogen-bond acceptors (Lipinski definition) is 4. The van der Waals surface area contributed by atoms with E-state index in [9.17, 15) is 14.7 Å². The Balaban J connectivity index is 1.90. The summed E-state index contributed by atoms with van der Waals surface area (Å²) >= 11 is 0. The third kappa shape index (κ3) is 4.07. The first-order valence-corrected chi connectivity index (χ1v) is 11.0. The Kier molecular flexibility index (Phi) is 5.66. The summed E-state index contributed by atoms with van der Waals surface area (Å²) < 4.78 is 0. The van der Waals surface area contributed by atoms with Crippen LogP contribution in [-0.2, 0) is 15.0 Å². The van der Waals surface area contributed by atoms with Crippen molar-refractivity contribution in [2.24, 2.45) is 0 Å². The van der Waals surface area contributed by atoms with Crippen LogP contribution in [0.2, 0.25) is 0 Å². The highest BCUT2D eigenvalue weighted by Crippen LogP contribution is 2.42. The Labute approximate surface area is 194 Å². The molecule has 1 N–H and O–H groups in total. The van der Waals surface area contributed by atoms with Gasteiger partial charge in [-0.3, -0.25) is 19.5 Å². The Hall–Kier alpha value is -3.73. The molecule has 0 radical (unpaired) electrons. The van der Waals surface area contributed by atoms with Crippen molar-refractivity contribution >= 4 is 23.1 Å². The van der Waals surface area contributed by atoms with E-state index in [0.29, 0.717) is 16.8 Å². The van der Waals surface area contributed by atoms with Gasteiger partial charge in [-0.25, -0.2) is 0 Å². The number of Topliss-reactive ketones (excluding diaryl/α,β-unsaturated/α-hetero) is 1. The van der Waals surface area contributed by atoms with Gasteiger partial charge in [0.2, 0.25) is 0 Å². The molecule has 0 aliphatic carbocycles. The zero-order chi connectivity index (χ0) is 23.9. The quantitative estimate of drug-likeness (QED) is 0.326. The van der Waals surface area contributed by atoms with Crippen molar-refractivity contribution in [1.29, 1.82) is 0 Å². The highest BCUT2D eigenvalue weighted by molar-refractivity contribution is 6.51. The topological polar surface area (TPSA) is 70.5 Å². The molecule has 33 heavy (non-hydrogen) atoms. The minimum Gasteiger partial charge on any atom is -0.507 e. The summed E-state index contributed by atoms with van der Waals surface area (Å²) in [6.45, 7) is 10.3. The SMILES string of the molecule is Cc1ccc(/C(O)=C2/C(=O)C(=O)N(c3ccc(C(C)(C)C)cc3)C2c2cccnc2)cc1C. The second kappa shape index (κ2) is 8.32. The van der Waals surface area contributed by atoms with Gasteiger partial charge in [-0.15, -0.1) is 0 Å². The van der Waals surface area contributed by atoms with Crippen LogP contribution in [0.15, 0.2) is 72.6 Å². The lowest BCUT2D eigenvalue weighted by Crippen LogP contribution is -2.29. The van der Waals surface area contributed by atoms with Crippen molar-refractivity contribution in [3.8, 4) is 0 Å². The highest BCUT2D eigenvalue weighted by Gasteiger charge is 2.47. The number of hydrogen-bond donors (Lipinski definition) is 1. The van der Waals surface area contributed by atoms with Gasteiger partial charge in [0.25, 0.3) is 11.7 Å². The normalized spacial score (nSPS) is 18.1. The summed E-state index contributed by atoms with van der Waals surface area (Å²) in [5.41, 5.74) is 4.97. The zero-order valence-corrected chi connectivity index (χ0v) is 19.6. The number of rotatable bonds is 3. The fraction of sp³-hybridized carbons (Fsp3) is 0.250. The van der Waals surface area contributed by atoms with Gasteiger partial charge in [0.1, 0.15) is 5.76 Å². The number of carbonyl (C=O) groups is 2. The van der Waals surface area contributed by atoms with Crippen molar-refractivity contribution in [2.75, 3.05) is 4.90 Å². The van der Waals surface area contributed by atoms with Crippen LogP contribution < -0.4 is 4.90 Å². The molecule has 5 heteroatoms. The van der Waals surface area contributed by atoms with Gasteiger partial charge in [0.05, 0.1) is 11.6 Å². The molecule has 2 heterocycles. The average Bonchev–Trinajstić information content (AvgIpc) is 3.06. The number of benzene rings is 2. The van der Waals surface area contributed by atoms with E-state index in [4.69, 9.17) is 0 Å². The minimum absolute atomic E-state index is 0.0429. The monoisotopic (exact) mass is 440 g/mol. The Morgan fingerprint density at radius 1 is 0.970 bits per heavy atom. The number of aliphatic hydroxyl groups excluding tert-OH is 1. The summed E-state index contributed by atoms with van der Waals surface area (Å²) in [5.74, 6) is -1.56. The Morgan fingerprint density at radius 3 is 2.24 bits per heavy atom. The molecule has 4 rings (SSSR count). The molecule has 1 aromatic heterocycles. The van der Waals surface area contributed by atoms with E-state index >= 15 is 0 Å². The molecule has 2 aromatic carbocycles. The van der Waals surface area contributed by atoms with Crippen molar-refractivity contribution in [3.63, 3.8) is 0 Å². The standard InChI is InChI=1S/C28H28N2O3/c1-17-8-9-19(15-18(17)2)25(31)23-24(20-7-6-14-29-16-20)30(27(33)26(23)32)22-12-10-21(11-13-22)28(3,4)5/h6-16,24,31H,1-5H3/b25-23-. The molecule has 5 nitrogen and oxygen atoms in total. The largest absolute Gasteiger partial charge is 0.507 e. The van der Waals surface area contributed by atoms with E-state index in [1.807, 2.05) is 56.3 Å². The number of nitrogens with zero attached hydrogens (tertiary/aromatic N) is 2. The predicted molar refractivity (Wildman–Crippen MR) is 130 cm³/mol. The molecular weight excluding hydrogens is 412 g/mol. The van der Waals surface area contributed by atoms with Gasteiger partial charge in [-0.05, 0) is 65.8 Å². The molecule has 0 bridgehead atoms. The predicted octanol–water partition coefficient (Wildman–Crippen LogP) is 5.62. The van der Waals surface area contributed by atoms with E-state index in [-0.39, 0.29) is 16.7 Å². The van der Waals surface area contributed by atoms with Gasteiger partial charge < -0.3 is 5.11 Å². The van der Waals surface area contributed by atoms with Crippen LogP contribution in [0.1, 0.15) is 54.6 Å².